The Morgan fingerprint density at radius 3 is 2.73 bits per heavy atom. The molecule has 0 unspecified atom stereocenters. The van der Waals surface area contributed by atoms with E-state index in [0.29, 0.717) is 22.2 Å². The predicted molar refractivity (Wildman–Crippen MR) is 92.6 cm³/mol. The molecule has 0 saturated heterocycles. The zero-order valence-electron chi connectivity index (χ0n) is 13.4. The van der Waals surface area contributed by atoms with Gasteiger partial charge >= 0.3 is 11.6 Å². The van der Waals surface area contributed by atoms with Gasteiger partial charge in [0.1, 0.15) is 11.1 Å². The second kappa shape index (κ2) is 7.32. The smallest absolute Gasteiger partial charge is 0.351 e. The maximum atomic E-state index is 12.1. The van der Waals surface area contributed by atoms with Crippen molar-refractivity contribution in [1.82, 2.24) is 0 Å². The first-order valence-corrected chi connectivity index (χ1v) is 7.57. The van der Waals surface area contributed by atoms with Crippen LogP contribution < -0.4 is 10.9 Å². The molecule has 0 aliphatic heterocycles. The molecule has 0 saturated carbocycles. The summed E-state index contributed by atoms with van der Waals surface area (Å²) in [7, 11) is 0. The largest absolute Gasteiger partial charge is 0.452 e. The number of nitrogens with zero attached hydrogens (tertiary/aromatic N) is 1. The molecule has 26 heavy (non-hydrogen) atoms. The average molecular weight is 348 g/mol. The highest BCUT2D eigenvalue weighted by molar-refractivity contribution is 5.96. The van der Waals surface area contributed by atoms with Gasteiger partial charge in [0.05, 0.1) is 11.6 Å². The van der Waals surface area contributed by atoms with E-state index in [9.17, 15) is 14.4 Å². The Morgan fingerprint density at radius 1 is 1.12 bits per heavy atom. The van der Waals surface area contributed by atoms with Gasteiger partial charge in [0.25, 0.3) is 5.91 Å². The minimum atomic E-state index is -0.953. The van der Waals surface area contributed by atoms with E-state index in [0.717, 1.165) is 0 Å². The molecule has 1 heterocycles. The van der Waals surface area contributed by atoms with Crippen LogP contribution in [0.2, 0.25) is 0 Å². The van der Waals surface area contributed by atoms with E-state index >= 15 is 0 Å². The SMILES string of the molecule is N#Cc1cccc(NC(=O)COC(=O)c2cc3ccccc3oc2=O)c1. The van der Waals surface area contributed by atoms with Crippen LogP contribution in [-0.4, -0.2) is 18.5 Å². The molecule has 0 radical (unpaired) electrons. The first-order chi connectivity index (χ1) is 12.6. The number of esters is 1. The molecule has 0 atom stereocenters. The number of nitrogens with one attached hydrogen (secondary N) is 1. The van der Waals surface area contributed by atoms with E-state index in [-0.39, 0.29) is 5.56 Å². The molecule has 2 aromatic carbocycles. The Kier molecular flexibility index (Phi) is 4.76. The number of anilines is 1. The van der Waals surface area contributed by atoms with E-state index in [4.69, 9.17) is 14.4 Å². The van der Waals surface area contributed by atoms with Gasteiger partial charge < -0.3 is 14.5 Å². The van der Waals surface area contributed by atoms with Crippen molar-refractivity contribution in [2.45, 2.75) is 0 Å². The fourth-order valence-electron chi connectivity index (χ4n) is 2.28. The molecule has 7 nitrogen and oxygen atoms in total. The van der Waals surface area contributed by atoms with Crippen molar-refractivity contribution in [1.29, 1.82) is 5.26 Å². The number of para-hydroxylation sites is 1. The van der Waals surface area contributed by atoms with Crippen LogP contribution in [0.3, 0.4) is 0 Å². The number of carbonyl (C=O) groups excluding carboxylic acids is 2. The van der Waals surface area contributed by atoms with Gasteiger partial charge in [-0.15, -0.1) is 0 Å². The third-order valence-electron chi connectivity index (χ3n) is 3.47. The van der Waals surface area contributed by atoms with Crippen molar-refractivity contribution < 1.29 is 18.7 Å². The van der Waals surface area contributed by atoms with E-state index in [1.54, 1.807) is 42.5 Å². The highest BCUT2D eigenvalue weighted by Crippen LogP contribution is 2.13. The Bertz CT molecular complexity index is 1090. The molecule has 1 aromatic heterocycles. The van der Waals surface area contributed by atoms with Gasteiger partial charge in [-0.25, -0.2) is 9.59 Å². The standard InChI is InChI=1S/C19H12N2O5/c20-10-12-4-3-6-14(8-12)21-17(22)11-25-18(23)15-9-13-5-1-2-7-16(13)26-19(15)24/h1-9H,11H2,(H,21,22). The molecule has 0 aliphatic rings. The van der Waals surface area contributed by atoms with Crippen LogP contribution in [0.5, 0.6) is 0 Å². The molecule has 7 heteroatoms. The van der Waals surface area contributed by atoms with Crippen LogP contribution in [-0.2, 0) is 9.53 Å². The van der Waals surface area contributed by atoms with Gasteiger partial charge in [-0.1, -0.05) is 24.3 Å². The summed E-state index contributed by atoms with van der Waals surface area (Å²) in [6.07, 6.45) is 0. The summed E-state index contributed by atoms with van der Waals surface area (Å²) >= 11 is 0. The highest BCUT2D eigenvalue weighted by atomic mass is 16.5. The summed E-state index contributed by atoms with van der Waals surface area (Å²) < 4.78 is 9.93. The number of rotatable bonds is 4. The van der Waals surface area contributed by atoms with Crippen LogP contribution in [0.15, 0.2) is 63.8 Å². The lowest BCUT2D eigenvalue weighted by Crippen LogP contribution is -2.23. The third kappa shape index (κ3) is 3.76. The second-order valence-corrected chi connectivity index (χ2v) is 5.30. The quantitative estimate of drug-likeness (QED) is 0.573. The van der Waals surface area contributed by atoms with Crippen LogP contribution in [0.1, 0.15) is 15.9 Å². The summed E-state index contributed by atoms with van der Waals surface area (Å²) in [5.74, 6) is -1.55. The Balaban J connectivity index is 1.67. The minimum Gasteiger partial charge on any atom is -0.452 e. The van der Waals surface area contributed by atoms with Gasteiger partial charge in [-0.3, -0.25) is 4.79 Å². The lowest BCUT2D eigenvalue weighted by Gasteiger charge is -2.07. The number of carbonyl (C=O) groups is 2. The number of benzene rings is 2. The van der Waals surface area contributed by atoms with Gasteiger partial charge in [0, 0.05) is 11.1 Å². The molecule has 128 valence electrons. The van der Waals surface area contributed by atoms with Crippen molar-refractivity contribution in [3.05, 3.63) is 76.1 Å². The summed E-state index contributed by atoms with van der Waals surface area (Å²) in [4.78, 5) is 35.8. The molecule has 1 amide bonds. The monoisotopic (exact) mass is 348 g/mol. The van der Waals surface area contributed by atoms with Gasteiger partial charge in [-0.2, -0.15) is 5.26 Å². The number of hydrogen-bond acceptors (Lipinski definition) is 6. The Labute approximate surface area is 147 Å². The van der Waals surface area contributed by atoms with Crippen molar-refractivity contribution in [2.75, 3.05) is 11.9 Å². The molecular formula is C19H12N2O5. The summed E-state index contributed by atoms with van der Waals surface area (Å²) in [6.45, 7) is -0.581. The van der Waals surface area contributed by atoms with E-state index in [2.05, 4.69) is 5.32 Å². The van der Waals surface area contributed by atoms with Gasteiger partial charge in [-0.05, 0) is 30.3 Å². The van der Waals surface area contributed by atoms with E-state index < -0.39 is 24.1 Å². The first-order valence-electron chi connectivity index (χ1n) is 7.57. The second-order valence-electron chi connectivity index (χ2n) is 5.30. The molecule has 1 N–H and O–H groups in total. The van der Waals surface area contributed by atoms with Crippen LogP contribution in [0.25, 0.3) is 11.0 Å². The van der Waals surface area contributed by atoms with E-state index in [1.165, 1.54) is 12.1 Å². The van der Waals surface area contributed by atoms with Crippen molar-refractivity contribution in [3.63, 3.8) is 0 Å². The van der Waals surface area contributed by atoms with Crippen LogP contribution in [0, 0.1) is 11.3 Å². The predicted octanol–water partition coefficient (Wildman–Crippen LogP) is 2.46. The summed E-state index contributed by atoms with van der Waals surface area (Å²) in [5.41, 5.74) is 0.00635. The molecule has 0 bridgehead atoms. The zero-order valence-corrected chi connectivity index (χ0v) is 13.4. The topological polar surface area (TPSA) is 109 Å². The van der Waals surface area contributed by atoms with Crippen molar-refractivity contribution in [3.8, 4) is 6.07 Å². The lowest BCUT2D eigenvalue weighted by molar-refractivity contribution is -0.119. The summed E-state index contributed by atoms with van der Waals surface area (Å²) in [5, 5.41) is 11.9. The number of amides is 1. The number of ether oxygens (including phenoxy) is 1. The lowest BCUT2D eigenvalue weighted by atomic mass is 10.2. The molecular weight excluding hydrogens is 336 g/mol. The molecule has 3 aromatic rings. The summed E-state index contributed by atoms with van der Waals surface area (Å²) in [6, 6.07) is 16.3. The molecule has 0 fully saturated rings. The maximum Gasteiger partial charge on any atom is 0.351 e. The molecule has 0 spiro atoms. The fourth-order valence-corrected chi connectivity index (χ4v) is 2.28. The van der Waals surface area contributed by atoms with Gasteiger partial charge in [0.2, 0.25) is 0 Å². The van der Waals surface area contributed by atoms with Crippen molar-refractivity contribution >= 4 is 28.5 Å². The molecule has 0 aliphatic carbocycles. The van der Waals surface area contributed by atoms with E-state index in [1.807, 2.05) is 6.07 Å². The number of fused-ring (bicyclic) bond motifs is 1. The minimum absolute atomic E-state index is 0.289. The number of hydrogen-bond donors (Lipinski definition) is 1. The number of nitriles is 1. The Hall–Kier alpha value is -3.92. The van der Waals surface area contributed by atoms with Crippen LogP contribution in [0.4, 0.5) is 5.69 Å². The first kappa shape index (κ1) is 16.9. The van der Waals surface area contributed by atoms with Gasteiger partial charge in [0.15, 0.2) is 6.61 Å². The third-order valence-corrected chi connectivity index (χ3v) is 3.47. The average Bonchev–Trinajstić information content (AvgIpc) is 2.65. The Morgan fingerprint density at radius 2 is 1.92 bits per heavy atom. The fraction of sp³-hybridized carbons (Fsp3) is 0.0526. The molecule has 3 rings (SSSR count). The normalized spacial score (nSPS) is 10.1. The zero-order chi connectivity index (χ0) is 18.5. The highest BCUT2D eigenvalue weighted by Gasteiger charge is 2.16. The van der Waals surface area contributed by atoms with Crippen LogP contribution >= 0.6 is 0 Å². The van der Waals surface area contributed by atoms with Crippen molar-refractivity contribution in [2.24, 2.45) is 0 Å². The maximum absolute atomic E-state index is 12.1.